The van der Waals surface area contributed by atoms with Crippen molar-refractivity contribution in [1.29, 1.82) is 0 Å². The number of ether oxygens (including phenoxy) is 1. The second-order valence-electron chi connectivity index (χ2n) is 3.10. The van der Waals surface area contributed by atoms with E-state index < -0.39 is 30.6 Å². The van der Waals surface area contributed by atoms with Gasteiger partial charge in [-0.05, 0) is 13.8 Å². The van der Waals surface area contributed by atoms with E-state index in [0.717, 1.165) is 7.11 Å². The molecule has 0 aliphatic heterocycles. The zero-order chi connectivity index (χ0) is 12.2. The summed E-state index contributed by atoms with van der Waals surface area (Å²) in [7, 11) is 1.04. The number of halogens is 3. The predicted octanol–water partition coefficient (Wildman–Crippen LogP) is 0.959. The Morgan fingerprint density at radius 1 is 1.33 bits per heavy atom. The van der Waals surface area contributed by atoms with E-state index in [4.69, 9.17) is 0 Å². The number of esters is 1. The maximum Gasteiger partial charge on any atom is 0.471 e. The molecule has 4 nitrogen and oxygen atoms in total. The van der Waals surface area contributed by atoms with Crippen LogP contribution in [0, 0.1) is 0 Å². The Bertz CT molecular complexity index is 250. The zero-order valence-corrected chi connectivity index (χ0v) is 8.59. The molecule has 0 N–H and O–H groups in total. The Labute approximate surface area is 85.0 Å². The van der Waals surface area contributed by atoms with Crippen molar-refractivity contribution in [2.24, 2.45) is 0 Å². The molecule has 15 heavy (non-hydrogen) atoms. The van der Waals surface area contributed by atoms with Crippen LogP contribution in [-0.2, 0) is 14.3 Å². The molecule has 0 rings (SSSR count). The molecule has 7 heteroatoms. The van der Waals surface area contributed by atoms with Crippen molar-refractivity contribution in [2.45, 2.75) is 26.1 Å². The van der Waals surface area contributed by atoms with Crippen molar-refractivity contribution in [2.75, 3.05) is 13.7 Å². The van der Waals surface area contributed by atoms with Gasteiger partial charge in [0.15, 0.2) is 0 Å². The highest BCUT2D eigenvalue weighted by atomic mass is 19.4. The Balaban J connectivity index is 4.68. The first-order chi connectivity index (χ1) is 6.70. The average Bonchev–Trinajstić information content (AvgIpc) is 2.10. The third kappa shape index (κ3) is 4.18. The van der Waals surface area contributed by atoms with E-state index >= 15 is 0 Å². The first kappa shape index (κ1) is 13.7. The second-order valence-corrected chi connectivity index (χ2v) is 3.10. The number of methoxy groups -OCH3 is 1. The topological polar surface area (TPSA) is 46.6 Å². The van der Waals surface area contributed by atoms with Crippen LogP contribution >= 0.6 is 0 Å². The van der Waals surface area contributed by atoms with Crippen molar-refractivity contribution >= 4 is 11.9 Å². The van der Waals surface area contributed by atoms with Crippen molar-refractivity contribution in [3.05, 3.63) is 0 Å². The molecule has 0 unspecified atom stereocenters. The lowest BCUT2D eigenvalue weighted by Crippen LogP contribution is -2.47. The van der Waals surface area contributed by atoms with E-state index in [2.05, 4.69) is 4.74 Å². The summed E-state index contributed by atoms with van der Waals surface area (Å²) in [6, 6.07) is -0.724. The minimum absolute atomic E-state index is 0.409. The molecule has 88 valence electrons. The highest BCUT2D eigenvalue weighted by molar-refractivity contribution is 5.86. The lowest BCUT2D eigenvalue weighted by Gasteiger charge is -2.26. The fourth-order valence-electron chi connectivity index (χ4n) is 0.855. The number of nitrogens with zero attached hydrogens (tertiary/aromatic N) is 1. The highest BCUT2D eigenvalue weighted by Gasteiger charge is 2.43. The molecule has 0 bridgehead atoms. The van der Waals surface area contributed by atoms with Crippen molar-refractivity contribution < 1.29 is 27.5 Å². The lowest BCUT2D eigenvalue weighted by atomic mass is 10.3. The monoisotopic (exact) mass is 227 g/mol. The highest BCUT2D eigenvalue weighted by Crippen LogP contribution is 2.19. The van der Waals surface area contributed by atoms with Crippen LogP contribution in [0.5, 0.6) is 0 Å². The van der Waals surface area contributed by atoms with E-state index in [1.54, 1.807) is 0 Å². The first-order valence-corrected chi connectivity index (χ1v) is 4.14. The van der Waals surface area contributed by atoms with Crippen molar-refractivity contribution in [3.8, 4) is 0 Å². The standard InChI is InChI=1S/C8H12F3NO3/c1-5(2)12(4-6(13)15-3)7(14)8(9,10)11/h5H,4H2,1-3H3. The van der Waals surface area contributed by atoms with Gasteiger partial charge in [0.2, 0.25) is 0 Å². The van der Waals surface area contributed by atoms with Crippen LogP contribution in [-0.4, -0.2) is 42.6 Å². The lowest BCUT2D eigenvalue weighted by molar-refractivity contribution is -0.188. The first-order valence-electron chi connectivity index (χ1n) is 4.14. The number of rotatable bonds is 3. The number of alkyl halides is 3. The Morgan fingerprint density at radius 2 is 1.80 bits per heavy atom. The molecule has 0 heterocycles. The zero-order valence-electron chi connectivity index (χ0n) is 8.59. The normalized spacial score (nSPS) is 11.4. The van der Waals surface area contributed by atoms with Gasteiger partial charge < -0.3 is 9.64 Å². The molecule has 0 spiro atoms. The SMILES string of the molecule is COC(=O)CN(C(=O)C(F)(F)F)C(C)C. The summed E-state index contributed by atoms with van der Waals surface area (Å²) in [6.45, 7) is 2.06. The number of hydrogen-bond donors (Lipinski definition) is 0. The van der Waals surface area contributed by atoms with Gasteiger partial charge in [-0.3, -0.25) is 9.59 Å². The number of amides is 1. The summed E-state index contributed by atoms with van der Waals surface area (Å²) in [5.41, 5.74) is 0. The van der Waals surface area contributed by atoms with Gasteiger partial charge in [0.1, 0.15) is 6.54 Å². The second kappa shape index (κ2) is 4.99. The average molecular weight is 227 g/mol. The minimum atomic E-state index is -4.97. The summed E-state index contributed by atoms with van der Waals surface area (Å²) >= 11 is 0. The molecule has 0 fully saturated rings. The van der Waals surface area contributed by atoms with Crippen LogP contribution in [0.1, 0.15) is 13.8 Å². The Kier molecular flexibility index (Phi) is 4.57. The molecule has 0 saturated carbocycles. The minimum Gasteiger partial charge on any atom is -0.468 e. The molecular formula is C8H12F3NO3. The third-order valence-electron chi connectivity index (χ3n) is 1.65. The van der Waals surface area contributed by atoms with E-state index in [0.29, 0.717) is 4.90 Å². The maximum atomic E-state index is 12.1. The summed E-state index contributed by atoms with van der Waals surface area (Å²) in [5.74, 6) is -2.93. The van der Waals surface area contributed by atoms with E-state index in [1.165, 1.54) is 13.8 Å². The van der Waals surface area contributed by atoms with Crippen LogP contribution in [0.4, 0.5) is 13.2 Å². The molecule has 0 radical (unpaired) electrons. The van der Waals surface area contributed by atoms with Crippen molar-refractivity contribution in [3.63, 3.8) is 0 Å². The van der Waals surface area contributed by atoms with Crippen LogP contribution < -0.4 is 0 Å². The summed E-state index contributed by atoms with van der Waals surface area (Å²) in [5, 5.41) is 0. The van der Waals surface area contributed by atoms with Gasteiger partial charge in [-0.2, -0.15) is 13.2 Å². The van der Waals surface area contributed by atoms with Crippen LogP contribution in [0.3, 0.4) is 0 Å². The van der Waals surface area contributed by atoms with E-state index in [9.17, 15) is 22.8 Å². The summed E-state index contributed by atoms with van der Waals surface area (Å²) in [6.07, 6.45) is -4.97. The Morgan fingerprint density at radius 3 is 2.07 bits per heavy atom. The van der Waals surface area contributed by atoms with E-state index in [1.807, 2.05) is 0 Å². The third-order valence-corrected chi connectivity index (χ3v) is 1.65. The van der Waals surface area contributed by atoms with Gasteiger partial charge >= 0.3 is 18.1 Å². The quantitative estimate of drug-likeness (QED) is 0.674. The van der Waals surface area contributed by atoms with E-state index in [-0.39, 0.29) is 0 Å². The fraction of sp³-hybridized carbons (Fsp3) is 0.750. The summed E-state index contributed by atoms with van der Waals surface area (Å²) in [4.78, 5) is 22.0. The smallest absolute Gasteiger partial charge is 0.468 e. The molecule has 0 aromatic heterocycles. The predicted molar refractivity (Wildman–Crippen MR) is 44.9 cm³/mol. The molecule has 0 aliphatic carbocycles. The van der Waals surface area contributed by atoms with Crippen LogP contribution in [0.25, 0.3) is 0 Å². The van der Waals surface area contributed by atoms with Gasteiger partial charge in [0.25, 0.3) is 0 Å². The molecule has 1 amide bonds. The van der Waals surface area contributed by atoms with Gasteiger partial charge in [-0.25, -0.2) is 0 Å². The van der Waals surface area contributed by atoms with Gasteiger partial charge in [0.05, 0.1) is 7.11 Å². The molecule has 0 saturated heterocycles. The molecule has 0 aromatic carbocycles. The van der Waals surface area contributed by atoms with Crippen molar-refractivity contribution in [1.82, 2.24) is 4.90 Å². The summed E-state index contributed by atoms with van der Waals surface area (Å²) < 4.78 is 40.4. The number of hydrogen-bond acceptors (Lipinski definition) is 3. The largest absolute Gasteiger partial charge is 0.471 e. The molecule has 0 aliphatic rings. The maximum absolute atomic E-state index is 12.1. The molecule has 0 atom stereocenters. The van der Waals surface area contributed by atoms with Gasteiger partial charge in [0, 0.05) is 6.04 Å². The fourth-order valence-corrected chi connectivity index (χ4v) is 0.855. The number of carbonyl (C=O) groups excluding carboxylic acids is 2. The number of carbonyl (C=O) groups is 2. The molecule has 0 aromatic rings. The Hall–Kier alpha value is -1.27. The van der Waals surface area contributed by atoms with Gasteiger partial charge in [-0.1, -0.05) is 0 Å². The molecular weight excluding hydrogens is 215 g/mol. The van der Waals surface area contributed by atoms with Crippen LogP contribution in [0.2, 0.25) is 0 Å². The van der Waals surface area contributed by atoms with Crippen LogP contribution in [0.15, 0.2) is 0 Å². The van der Waals surface area contributed by atoms with Gasteiger partial charge in [-0.15, -0.1) is 0 Å².